The molecule has 1 aliphatic carbocycles. The number of rotatable bonds is 5. The molecule has 1 saturated carbocycles. The first kappa shape index (κ1) is 17.0. The average Bonchev–Trinajstić information content (AvgIpc) is 3.02. The van der Waals surface area contributed by atoms with Gasteiger partial charge in [-0.3, -0.25) is 4.57 Å². The van der Waals surface area contributed by atoms with Crippen molar-refractivity contribution < 1.29 is 14.2 Å². The van der Waals surface area contributed by atoms with Crippen molar-refractivity contribution >= 4 is 12.6 Å². The van der Waals surface area contributed by atoms with Crippen molar-refractivity contribution in [2.75, 3.05) is 21.3 Å². The van der Waals surface area contributed by atoms with Crippen molar-refractivity contribution in [3.05, 3.63) is 12.1 Å². The van der Waals surface area contributed by atoms with Crippen LogP contribution < -0.4 is 14.2 Å². The van der Waals surface area contributed by atoms with Gasteiger partial charge in [-0.2, -0.15) is 0 Å². The number of hydrogen-bond donors (Lipinski definition) is 1. The Hall–Kier alpha value is -1.89. The molecule has 0 amide bonds. The fraction of sp³-hybridized carbons (Fsp3) is 0.529. The van der Waals surface area contributed by atoms with Crippen molar-refractivity contribution in [2.45, 2.75) is 43.3 Å². The van der Waals surface area contributed by atoms with Crippen LogP contribution in [0.3, 0.4) is 0 Å². The summed E-state index contributed by atoms with van der Waals surface area (Å²) in [5.41, 5.74) is 0.878. The Morgan fingerprint density at radius 1 is 0.958 bits per heavy atom. The van der Waals surface area contributed by atoms with Gasteiger partial charge in [0.25, 0.3) is 0 Å². The van der Waals surface area contributed by atoms with E-state index in [0.29, 0.717) is 28.4 Å². The molecule has 0 atom stereocenters. The molecule has 130 valence electrons. The van der Waals surface area contributed by atoms with Crippen LogP contribution in [0.5, 0.6) is 17.2 Å². The summed E-state index contributed by atoms with van der Waals surface area (Å²) in [4.78, 5) is 0. The highest BCUT2D eigenvalue weighted by Crippen LogP contribution is 2.42. The van der Waals surface area contributed by atoms with E-state index in [4.69, 9.17) is 14.2 Å². The van der Waals surface area contributed by atoms with E-state index >= 15 is 0 Å². The SMILES string of the molecule is COc1cc(-c2nnc(S)n2C2CCCCC2)cc(OC)c1OC. The van der Waals surface area contributed by atoms with E-state index in [1.807, 2.05) is 12.1 Å². The molecule has 0 bridgehead atoms. The Labute approximate surface area is 147 Å². The fourth-order valence-electron chi connectivity index (χ4n) is 3.37. The van der Waals surface area contributed by atoms with Crippen molar-refractivity contribution in [3.8, 4) is 28.6 Å². The van der Waals surface area contributed by atoms with Crippen molar-refractivity contribution in [2.24, 2.45) is 0 Å². The summed E-state index contributed by atoms with van der Waals surface area (Å²) in [6.07, 6.45) is 6.00. The van der Waals surface area contributed by atoms with E-state index in [1.54, 1.807) is 21.3 Å². The van der Waals surface area contributed by atoms with Crippen LogP contribution in [0.2, 0.25) is 0 Å². The molecule has 3 rings (SSSR count). The Bertz CT molecular complexity index is 686. The van der Waals surface area contributed by atoms with Gasteiger partial charge in [0.05, 0.1) is 21.3 Å². The molecule has 6 nitrogen and oxygen atoms in total. The van der Waals surface area contributed by atoms with Gasteiger partial charge in [0, 0.05) is 11.6 Å². The van der Waals surface area contributed by atoms with Crippen molar-refractivity contribution in [1.82, 2.24) is 14.8 Å². The molecule has 24 heavy (non-hydrogen) atoms. The zero-order valence-electron chi connectivity index (χ0n) is 14.3. The average molecular weight is 349 g/mol. The second kappa shape index (κ2) is 7.34. The molecule has 0 spiro atoms. The van der Waals surface area contributed by atoms with Crippen LogP contribution in [0.25, 0.3) is 11.4 Å². The number of thiol groups is 1. The molecule has 1 aliphatic rings. The van der Waals surface area contributed by atoms with E-state index in [2.05, 4.69) is 27.4 Å². The summed E-state index contributed by atoms with van der Waals surface area (Å²) in [6.45, 7) is 0. The topological polar surface area (TPSA) is 58.4 Å². The minimum Gasteiger partial charge on any atom is -0.493 e. The summed E-state index contributed by atoms with van der Waals surface area (Å²) in [6, 6.07) is 4.19. The van der Waals surface area contributed by atoms with Crippen LogP contribution in [-0.2, 0) is 0 Å². The van der Waals surface area contributed by atoms with Crippen LogP contribution in [0.4, 0.5) is 0 Å². The predicted octanol–water partition coefficient (Wildman–Crippen LogP) is 3.76. The number of aromatic nitrogens is 3. The van der Waals surface area contributed by atoms with Gasteiger partial charge in [0.1, 0.15) is 0 Å². The van der Waals surface area contributed by atoms with E-state index in [0.717, 1.165) is 24.2 Å². The molecule has 0 N–H and O–H groups in total. The molecule has 0 unspecified atom stereocenters. The van der Waals surface area contributed by atoms with Gasteiger partial charge in [-0.05, 0) is 25.0 Å². The summed E-state index contributed by atoms with van der Waals surface area (Å²) < 4.78 is 18.4. The molecule has 1 aromatic heterocycles. The van der Waals surface area contributed by atoms with Crippen LogP contribution in [-0.4, -0.2) is 36.1 Å². The van der Waals surface area contributed by atoms with E-state index in [9.17, 15) is 0 Å². The van der Waals surface area contributed by atoms with Crippen molar-refractivity contribution in [1.29, 1.82) is 0 Å². The van der Waals surface area contributed by atoms with Crippen LogP contribution in [0.1, 0.15) is 38.1 Å². The Kier molecular flexibility index (Phi) is 5.18. The third-order valence-corrected chi connectivity index (χ3v) is 4.85. The second-order valence-electron chi connectivity index (χ2n) is 5.90. The lowest BCUT2D eigenvalue weighted by Gasteiger charge is -2.25. The molecule has 1 fully saturated rings. The van der Waals surface area contributed by atoms with Gasteiger partial charge in [-0.1, -0.05) is 19.3 Å². The molecule has 7 heteroatoms. The molecule has 1 heterocycles. The highest BCUT2D eigenvalue weighted by atomic mass is 32.1. The van der Waals surface area contributed by atoms with Crippen LogP contribution in [0.15, 0.2) is 17.3 Å². The molecular weight excluding hydrogens is 326 g/mol. The quantitative estimate of drug-likeness (QED) is 0.833. The first-order chi connectivity index (χ1) is 11.7. The molecule has 1 aromatic carbocycles. The number of nitrogens with zero attached hydrogens (tertiary/aromatic N) is 3. The smallest absolute Gasteiger partial charge is 0.203 e. The highest BCUT2D eigenvalue weighted by Gasteiger charge is 2.24. The maximum absolute atomic E-state index is 5.45. The minimum absolute atomic E-state index is 0.385. The zero-order chi connectivity index (χ0) is 17.1. The molecule has 2 aromatic rings. The number of hydrogen-bond acceptors (Lipinski definition) is 6. The maximum atomic E-state index is 5.45. The van der Waals surface area contributed by atoms with Gasteiger partial charge in [-0.25, -0.2) is 0 Å². The van der Waals surface area contributed by atoms with Gasteiger partial charge < -0.3 is 14.2 Å². The molecule has 0 radical (unpaired) electrons. The van der Waals surface area contributed by atoms with Gasteiger partial charge >= 0.3 is 0 Å². The summed E-state index contributed by atoms with van der Waals surface area (Å²) in [5.74, 6) is 2.56. The van der Waals surface area contributed by atoms with Crippen LogP contribution >= 0.6 is 12.6 Å². The third kappa shape index (κ3) is 3.05. The monoisotopic (exact) mass is 349 g/mol. The largest absolute Gasteiger partial charge is 0.493 e. The number of methoxy groups -OCH3 is 3. The third-order valence-electron chi connectivity index (χ3n) is 4.54. The van der Waals surface area contributed by atoms with Gasteiger partial charge in [0.15, 0.2) is 22.5 Å². The van der Waals surface area contributed by atoms with Crippen LogP contribution in [0, 0.1) is 0 Å². The molecule has 0 aliphatic heterocycles. The summed E-state index contributed by atoms with van der Waals surface area (Å²) in [7, 11) is 4.81. The van der Waals surface area contributed by atoms with Gasteiger partial charge in [0.2, 0.25) is 5.75 Å². The maximum Gasteiger partial charge on any atom is 0.203 e. The minimum atomic E-state index is 0.385. The Balaban J connectivity index is 2.09. The second-order valence-corrected chi connectivity index (χ2v) is 6.30. The normalized spacial score (nSPS) is 15.3. The lowest BCUT2D eigenvalue weighted by molar-refractivity contribution is 0.324. The highest BCUT2D eigenvalue weighted by molar-refractivity contribution is 7.80. The number of benzene rings is 1. The van der Waals surface area contributed by atoms with Crippen molar-refractivity contribution in [3.63, 3.8) is 0 Å². The zero-order valence-corrected chi connectivity index (χ0v) is 15.2. The molecule has 0 saturated heterocycles. The lowest BCUT2D eigenvalue weighted by atomic mass is 9.95. The van der Waals surface area contributed by atoms with Gasteiger partial charge in [-0.15, -0.1) is 22.8 Å². The first-order valence-electron chi connectivity index (χ1n) is 8.13. The predicted molar refractivity (Wildman–Crippen MR) is 94.5 cm³/mol. The lowest BCUT2D eigenvalue weighted by Crippen LogP contribution is -2.14. The van der Waals surface area contributed by atoms with E-state index < -0.39 is 0 Å². The first-order valence-corrected chi connectivity index (χ1v) is 8.58. The van der Waals surface area contributed by atoms with E-state index in [1.165, 1.54) is 19.3 Å². The standard InChI is InChI=1S/C17H23N3O3S/c1-21-13-9-11(10-14(22-2)15(13)23-3)16-18-19-17(24)20(16)12-7-5-4-6-8-12/h9-10,12H,4-8H2,1-3H3,(H,19,24). The summed E-state index contributed by atoms with van der Waals surface area (Å²) in [5, 5.41) is 9.18. The Morgan fingerprint density at radius 2 is 1.58 bits per heavy atom. The number of ether oxygens (including phenoxy) is 3. The molecular formula is C17H23N3O3S. The fourth-order valence-corrected chi connectivity index (χ4v) is 3.67. The Morgan fingerprint density at radius 3 is 2.12 bits per heavy atom. The summed E-state index contributed by atoms with van der Waals surface area (Å²) >= 11 is 4.52. The van der Waals surface area contributed by atoms with E-state index in [-0.39, 0.29) is 0 Å².